The average Bonchev–Trinajstić information content (AvgIpc) is 3.09. The Bertz CT molecular complexity index is 1000. The summed E-state index contributed by atoms with van der Waals surface area (Å²) in [4.78, 5) is 26.2. The number of esters is 1. The Morgan fingerprint density at radius 1 is 1.19 bits per heavy atom. The molecule has 0 aliphatic rings. The molecule has 0 aliphatic carbocycles. The summed E-state index contributed by atoms with van der Waals surface area (Å²) in [5.74, 6) is -0.223. The lowest BCUT2D eigenvalue weighted by molar-refractivity contribution is 0.0600. The number of aromatic nitrogens is 1. The first-order chi connectivity index (χ1) is 12.9. The zero-order valence-corrected chi connectivity index (χ0v) is 15.9. The first kappa shape index (κ1) is 18.6. The van der Waals surface area contributed by atoms with E-state index in [1.54, 1.807) is 24.3 Å². The van der Waals surface area contributed by atoms with Gasteiger partial charge in [0.1, 0.15) is 0 Å². The van der Waals surface area contributed by atoms with Gasteiger partial charge >= 0.3 is 12.0 Å². The Morgan fingerprint density at radius 2 is 1.93 bits per heavy atom. The van der Waals surface area contributed by atoms with Gasteiger partial charge in [-0.05, 0) is 30.3 Å². The third-order valence-electron chi connectivity index (χ3n) is 3.89. The summed E-state index contributed by atoms with van der Waals surface area (Å²) in [7, 11) is 5.06. The van der Waals surface area contributed by atoms with Crippen molar-refractivity contribution in [1.82, 2.24) is 5.16 Å². The molecule has 140 valence electrons. The van der Waals surface area contributed by atoms with Crippen molar-refractivity contribution in [3.8, 4) is 0 Å². The smallest absolute Gasteiger partial charge is 0.337 e. The lowest BCUT2D eigenvalue weighted by Crippen LogP contribution is -2.27. The Morgan fingerprint density at radius 3 is 2.63 bits per heavy atom. The minimum atomic E-state index is -0.552. The number of rotatable bonds is 4. The van der Waals surface area contributed by atoms with Gasteiger partial charge in [0.2, 0.25) is 0 Å². The Kier molecular flexibility index (Phi) is 5.22. The zero-order valence-electron chi connectivity index (χ0n) is 15.0. The van der Waals surface area contributed by atoms with E-state index in [9.17, 15) is 9.59 Å². The Labute approximate surface area is 161 Å². The summed E-state index contributed by atoms with van der Waals surface area (Å²) in [5.41, 5.74) is 2.11. The fraction of sp³-hybridized carbons (Fsp3) is 0.167. The van der Waals surface area contributed by atoms with Crippen molar-refractivity contribution in [2.75, 3.05) is 35.7 Å². The molecule has 2 aromatic carbocycles. The van der Waals surface area contributed by atoms with Gasteiger partial charge in [0, 0.05) is 14.1 Å². The topological polar surface area (TPSA) is 87.9 Å². The Hall–Kier alpha value is -3.20. The maximum Gasteiger partial charge on any atom is 0.337 e. The number of carbonyl (C=O) groups is 2. The number of nitrogens with zero attached hydrogens (tertiary/aromatic N) is 3. The molecule has 27 heavy (non-hydrogen) atoms. The molecule has 1 aromatic heterocycles. The van der Waals surface area contributed by atoms with Gasteiger partial charge in [0.05, 0.1) is 29.4 Å². The minimum Gasteiger partial charge on any atom is -0.465 e. The van der Waals surface area contributed by atoms with Crippen LogP contribution in [0.1, 0.15) is 10.4 Å². The quantitative estimate of drug-likeness (QED) is 0.527. The maximum atomic E-state index is 12.6. The molecule has 1 heterocycles. The van der Waals surface area contributed by atoms with Crippen molar-refractivity contribution in [3.63, 3.8) is 0 Å². The van der Waals surface area contributed by atoms with Crippen molar-refractivity contribution >= 4 is 53.0 Å². The normalized spacial score (nSPS) is 10.5. The molecular weight excluding hydrogens is 368 g/mol. The van der Waals surface area contributed by atoms with E-state index >= 15 is 0 Å². The van der Waals surface area contributed by atoms with Crippen LogP contribution in [0.4, 0.5) is 22.0 Å². The predicted molar refractivity (Wildman–Crippen MR) is 107 cm³/mol. The number of urea groups is 1. The molecule has 9 heteroatoms. The molecule has 1 N–H and O–H groups in total. The van der Waals surface area contributed by atoms with E-state index in [2.05, 4.69) is 23.3 Å². The molecule has 0 bridgehead atoms. The highest BCUT2D eigenvalue weighted by Crippen LogP contribution is 2.32. The molecule has 8 nitrogen and oxygen atoms in total. The number of fused-ring (bicyclic) bond motifs is 1. The van der Waals surface area contributed by atoms with Crippen molar-refractivity contribution in [3.05, 3.63) is 48.0 Å². The van der Waals surface area contributed by atoms with Crippen LogP contribution in [0.5, 0.6) is 0 Å². The fourth-order valence-electron chi connectivity index (χ4n) is 2.59. The van der Waals surface area contributed by atoms with Crippen LogP contribution in [0.25, 0.3) is 11.0 Å². The SMILES string of the molecule is COC(=O)c1cccc(N(S)C(=O)Nc2noc3cccc(N(C)C)c23)c1. The molecule has 0 saturated heterocycles. The second-order valence-electron chi connectivity index (χ2n) is 5.86. The lowest BCUT2D eigenvalue weighted by atomic mass is 10.2. The number of thiol groups is 1. The standard InChI is InChI=1S/C18H18N4O4S/c1-21(2)13-8-5-9-14-15(13)16(20-26-14)19-18(24)22(27)12-7-4-6-11(10-12)17(23)25-3/h4-10,27H,1-3H3,(H,19,20,24). The number of benzene rings is 2. The van der Waals surface area contributed by atoms with Gasteiger partial charge in [-0.2, -0.15) is 0 Å². The highest BCUT2D eigenvalue weighted by molar-refractivity contribution is 7.82. The molecule has 0 atom stereocenters. The molecule has 0 saturated carbocycles. The molecule has 0 radical (unpaired) electrons. The molecule has 3 rings (SSSR count). The third-order valence-corrected chi connectivity index (χ3v) is 4.30. The predicted octanol–water partition coefficient (Wildman–Crippen LogP) is 3.56. The second kappa shape index (κ2) is 7.58. The number of ether oxygens (including phenoxy) is 1. The molecule has 0 aliphatic heterocycles. The van der Waals surface area contributed by atoms with Gasteiger partial charge < -0.3 is 14.2 Å². The van der Waals surface area contributed by atoms with Crippen LogP contribution in [-0.4, -0.2) is 38.4 Å². The number of amides is 2. The minimum absolute atomic E-state index is 0.280. The zero-order chi connectivity index (χ0) is 19.6. The number of methoxy groups -OCH3 is 1. The van der Waals surface area contributed by atoms with Crippen LogP contribution in [0.3, 0.4) is 0 Å². The summed E-state index contributed by atoms with van der Waals surface area (Å²) in [6.07, 6.45) is 0. The van der Waals surface area contributed by atoms with Gasteiger partial charge in [0.15, 0.2) is 11.4 Å². The monoisotopic (exact) mass is 386 g/mol. The summed E-state index contributed by atoms with van der Waals surface area (Å²) >= 11 is 4.23. The molecule has 3 aromatic rings. The van der Waals surface area contributed by atoms with Crippen LogP contribution in [0.15, 0.2) is 47.0 Å². The highest BCUT2D eigenvalue weighted by atomic mass is 32.1. The van der Waals surface area contributed by atoms with Gasteiger partial charge in [-0.1, -0.05) is 30.1 Å². The number of nitrogens with one attached hydrogen (secondary N) is 1. The fourth-order valence-corrected chi connectivity index (χ4v) is 2.76. The number of hydrogen-bond acceptors (Lipinski definition) is 7. The van der Waals surface area contributed by atoms with E-state index in [4.69, 9.17) is 9.26 Å². The van der Waals surface area contributed by atoms with E-state index in [1.165, 1.54) is 13.2 Å². The first-order valence-electron chi connectivity index (χ1n) is 7.96. The molecular formula is C18H18N4O4S. The van der Waals surface area contributed by atoms with Gasteiger partial charge in [-0.15, -0.1) is 0 Å². The van der Waals surface area contributed by atoms with E-state index < -0.39 is 12.0 Å². The van der Waals surface area contributed by atoms with Crippen LogP contribution in [0.2, 0.25) is 0 Å². The van der Waals surface area contributed by atoms with Crippen molar-refractivity contribution in [2.45, 2.75) is 0 Å². The van der Waals surface area contributed by atoms with Gasteiger partial charge in [0.25, 0.3) is 0 Å². The Balaban J connectivity index is 1.88. The largest absolute Gasteiger partial charge is 0.465 e. The number of hydrogen-bond donors (Lipinski definition) is 2. The van der Waals surface area contributed by atoms with E-state index in [-0.39, 0.29) is 5.82 Å². The summed E-state index contributed by atoms with van der Waals surface area (Å²) in [5, 5.41) is 7.31. The van der Waals surface area contributed by atoms with Crippen molar-refractivity contribution < 1.29 is 18.8 Å². The van der Waals surface area contributed by atoms with E-state index in [1.807, 2.05) is 31.1 Å². The molecule has 0 spiro atoms. The van der Waals surface area contributed by atoms with Crippen molar-refractivity contribution in [1.29, 1.82) is 0 Å². The highest BCUT2D eigenvalue weighted by Gasteiger charge is 2.20. The lowest BCUT2D eigenvalue weighted by Gasteiger charge is -2.17. The number of anilines is 3. The summed E-state index contributed by atoms with van der Waals surface area (Å²) < 4.78 is 11.1. The summed E-state index contributed by atoms with van der Waals surface area (Å²) in [6.45, 7) is 0. The third kappa shape index (κ3) is 3.68. The van der Waals surface area contributed by atoms with E-state index in [0.717, 1.165) is 9.99 Å². The van der Waals surface area contributed by atoms with Gasteiger partial charge in [-0.3, -0.25) is 5.32 Å². The second-order valence-corrected chi connectivity index (χ2v) is 6.26. The average molecular weight is 386 g/mol. The van der Waals surface area contributed by atoms with E-state index in [0.29, 0.717) is 22.2 Å². The molecule has 0 fully saturated rings. The van der Waals surface area contributed by atoms with Gasteiger partial charge in [-0.25, -0.2) is 13.9 Å². The number of carbonyl (C=O) groups excluding carboxylic acids is 2. The van der Waals surface area contributed by atoms with Crippen LogP contribution in [0, 0.1) is 0 Å². The first-order valence-corrected chi connectivity index (χ1v) is 8.36. The van der Waals surface area contributed by atoms with Crippen LogP contribution >= 0.6 is 12.8 Å². The molecule has 2 amide bonds. The van der Waals surface area contributed by atoms with Crippen LogP contribution < -0.4 is 14.5 Å². The van der Waals surface area contributed by atoms with Crippen LogP contribution in [-0.2, 0) is 4.74 Å². The molecule has 0 unspecified atom stereocenters. The van der Waals surface area contributed by atoms with Crippen molar-refractivity contribution in [2.24, 2.45) is 0 Å². The summed E-state index contributed by atoms with van der Waals surface area (Å²) in [6, 6.07) is 11.3. The maximum absolute atomic E-state index is 12.6.